The van der Waals surface area contributed by atoms with Gasteiger partial charge in [0.25, 0.3) is 0 Å². The van der Waals surface area contributed by atoms with Crippen molar-refractivity contribution in [1.82, 2.24) is 9.88 Å². The third kappa shape index (κ3) is 3.61. The number of nitrogens with zero attached hydrogens (tertiary/aromatic N) is 2. The Morgan fingerprint density at radius 1 is 1.59 bits per heavy atom. The lowest BCUT2D eigenvalue weighted by Gasteiger charge is -2.26. The molecule has 1 saturated heterocycles. The van der Waals surface area contributed by atoms with Crippen molar-refractivity contribution in [3.05, 3.63) is 30.1 Å². The predicted octanol–water partition coefficient (Wildman–Crippen LogP) is 1.12. The number of rotatable bonds is 4. The van der Waals surface area contributed by atoms with Crippen LogP contribution in [0.3, 0.4) is 0 Å². The number of carbonyl (C=O) groups excluding carboxylic acids is 1. The fourth-order valence-electron chi connectivity index (χ4n) is 2.09. The quantitative estimate of drug-likeness (QED) is 0.783. The molecule has 1 aromatic rings. The van der Waals surface area contributed by atoms with Crippen LogP contribution in [0.15, 0.2) is 24.5 Å². The molecule has 1 atom stereocenters. The van der Waals surface area contributed by atoms with Crippen molar-refractivity contribution in [2.75, 3.05) is 26.8 Å². The second-order valence-electron chi connectivity index (χ2n) is 4.55. The maximum absolute atomic E-state index is 11.7. The zero-order valence-corrected chi connectivity index (χ0v) is 10.1. The van der Waals surface area contributed by atoms with Crippen LogP contribution in [0.4, 0.5) is 0 Å². The number of ether oxygens (including phenoxy) is 1. The monoisotopic (exact) mass is 234 g/mol. The molecule has 0 radical (unpaired) electrons. The van der Waals surface area contributed by atoms with E-state index in [9.17, 15) is 4.79 Å². The highest BCUT2D eigenvalue weighted by atomic mass is 16.5. The lowest BCUT2D eigenvalue weighted by atomic mass is 10.00. The first-order valence-electron chi connectivity index (χ1n) is 5.93. The molecule has 2 heterocycles. The molecule has 1 aliphatic heterocycles. The number of ketones is 1. The van der Waals surface area contributed by atoms with E-state index in [0.717, 1.165) is 13.1 Å². The Bertz CT molecular complexity index is 367. The zero-order valence-electron chi connectivity index (χ0n) is 10.1. The molecule has 1 fully saturated rings. The molecule has 4 heteroatoms. The molecule has 1 unspecified atom stereocenters. The summed E-state index contributed by atoms with van der Waals surface area (Å²) in [7, 11) is 2.02. The van der Waals surface area contributed by atoms with Crippen LogP contribution < -0.4 is 0 Å². The van der Waals surface area contributed by atoms with Gasteiger partial charge in [-0.15, -0.1) is 0 Å². The van der Waals surface area contributed by atoms with Crippen LogP contribution in [0.1, 0.15) is 12.0 Å². The SMILES string of the molecule is CN(Cc1cccnc1)CC1COCCC1=O. The first-order chi connectivity index (χ1) is 8.25. The normalized spacial score (nSPS) is 20.8. The first-order valence-corrected chi connectivity index (χ1v) is 5.93. The van der Waals surface area contributed by atoms with Crippen LogP contribution in [0.5, 0.6) is 0 Å². The van der Waals surface area contributed by atoms with Crippen LogP contribution in [0, 0.1) is 5.92 Å². The summed E-state index contributed by atoms with van der Waals surface area (Å²) in [6.45, 7) is 2.73. The van der Waals surface area contributed by atoms with Gasteiger partial charge >= 0.3 is 0 Å². The molecule has 17 heavy (non-hydrogen) atoms. The van der Waals surface area contributed by atoms with Crippen molar-refractivity contribution in [1.29, 1.82) is 0 Å². The highest BCUT2D eigenvalue weighted by Crippen LogP contribution is 2.12. The minimum absolute atomic E-state index is 0.0328. The third-order valence-corrected chi connectivity index (χ3v) is 2.97. The van der Waals surface area contributed by atoms with Crippen LogP contribution in [0.2, 0.25) is 0 Å². The smallest absolute Gasteiger partial charge is 0.141 e. The fourth-order valence-corrected chi connectivity index (χ4v) is 2.09. The average Bonchev–Trinajstić information content (AvgIpc) is 2.33. The second kappa shape index (κ2) is 5.89. The number of hydrogen-bond donors (Lipinski definition) is 0. The van der Waals surface area contributed by atoms with Crippen molar-refractivity contribution in [3.63, 3.8) is 0 Å². The van der Waals surface area contributed by atoms with Crippen molar-refractivity contribution in [2.45, 2.75) is 13.0 Å². The van der Waals surface area contributed by atoms with Gasteiger partial charge in [0.2, 0.25) is 0 Å². The van der Waals surface area contributed by atoms with E-state index in [2.05, 4.69) is 9.88 Å². The summed E-state index contributed by atoms with van der Waals surface area (Å²) >= 11 is 0. The van der Waals surface area contributed by atoms with Crippen molar-refractivity contribution < 1.29 is 9.53 Å². The van der Waals surface area contributed by atoms with Gasteiger partial charge in [-0.25, -0.2) is 0 Å². The van der Waals surface area contributed by atoms with Crippen LogP contribution in [-0.4, -0.2) is 42.5 Å². The molecule has 4 nitrogen and oxygen atoms in total. The summed E-state index contributed by atoms with van der Waals surface area (Å²) in [4.78, 5) is 17.9. The highest BCUT2D eigenvalue weighted by Gasteiger charge is 2.23. The second-order valence-corrected chi connectivity index (χ2v) is 4.55. The minimum atomic E-state index is 0.0328. The fraction of sp³-hybridized carbons (Fsp3) is 0.538. The van der Waals surface area contributed by atoms with E-state index >= 15 is 0 Å². The van der Waals surface area contributed by atoms with E-state index in [1.54, 1.807) is 6.20 Å². The van der Waals surface area contributed by atoms with Gasteiger partial charge in [0.05, 0.1) is 19.1 Å². The van der Waals surface area contributed by atoms with Gasteiger partial charge in [-0.3, -0.25) is 9.78 Å². The lowest BCUT2D eigenvalue weighted by Crippen LogP contribution is -2.36. The zero-order chi connectivity index (χ0) is 12.1. The molecule has 0 saturated carbocycles. The summed E-state index contributed by atoms with van der Waals surface area (Å²) in [6.07, 6.45) is 4.18. The Labute approximate surface area is 102 Å². The Kier molecular flexibility index (Phi) is 4.23. The molecule has 0 N–H and O–H groups in total. The van der Waals surface area contributed by atoms with Crippen LogP contribution in [-0.2, 0) is 16.1 Å². The van der Waals surface area contributed by atoms with E-state index in [1.165, 1.54) is 5.56 Å². The maximum atomic E-state index is 11.7. The maximum Gasteiger partial charge on any atom is 0.141 e. The topological polar surface area (TPSA) is 42.4 Å². The number of aromatic nitrogens is 1. The summed E-state index contributed by atoms with van der Waals surface area (Å²) < 4.78 is 5.34. The minimum Gasteiger partial charge on any atom is -0.380 e. The largest absolute Gasteiger partial charge is 0.380 e. The van der Waals surface area contributed by atoms with E-state index < -0.39 is 0 Å². The molecule has 92 valence electrons. The average molecular weight is 234 g/mol. The number of Topliss-reactive ketones (excluding diaryl/α,β-unsaturated/α-hetero) is 1. The van der Waals surface area contributed by atoms with Gasteiger partial charge in [-0.1, -0.05) is 6.07 Å². The Morgan fingerprint density at radius 2 is 2.47 bits per heavy atom. The van der Waals surface area contributed by atoms with E-state index in [0.29, 0.717) is 25.4 Å². The van der Waals surface area contributed by atoms with Gasteiger partial charge in [0, 0.05) is 31.9 Å². The molecule has 0 aromatic carbocycles. The highest BCUT2D eigenvalue weighted by molar-refractivity contribution is 5.82. The van der Waals surface area contributed by atoms with Gasteiger partial charge in [0.15, 0.2) is 0 Å². The predicted molar refractivity (Wildman–Crippen MR) is 64.5 cm³/mol. The number of pyridine rings is 1. The van der Waals surface area contributed by atoms with Crippen molar-refractivity contribution in [2.24, 2.45) is 5.92 Å². The van der Waals surface area contributed by atoms with Crippen LogP contribution in [0.25, 0.3) is 0 Å². The van der Waals surface area contributed by atoms with E-state index in [1.807, 2.05) is 25.4 Å². The molecule has 0 spiro atoms. The molecule has 1 aliphatic rings. The standard InChI is InChI=1S/C13H18N2O2/c1-15(8-11-3-2-5-14-7-11)9-12-10-17-6-4-13(12)16/h2-3,5,7,12H,4,6,8-10H2,1H3. The van der Waals surface area contributed by atoms with Gasteiger partial charge < -0.3 is 9.64 Å². The molecular formula is C13H18N2O2. The number of carbonyl (C=O) groups is 1. The molecule has 0 aliphatic carbocycles. The van der Waals surface area contributed by atoms with E-state index in [4.69, 9.17) is 4.74 Å². The van der Waals surface area contributed by atoms with Gasteiger partial charge in [0.1, 0.15) is 5.78 Å². The summed E-state index contributed by atoms with van der Waals surface area (Å²) in [5.74, 6) is 0.361. The Balaban J connectivity index is 1.84. The molecule has 2 rings (SSSR count). The molecule has 0 bridgehead atoms. The molecule has 0 amide bonds. The van der Waals surface area contributed by atoms with Crippen LogP contribution >= 0.6 is 0 Å². The van der Waals surface area contributed by atoms with Gasteiger partial charge in [-0.2, -0.15) is 0 Å². The summed E-state index contributed by atoms with van der Waals surface area (Å²) in [6, 6.07) is 3.97. The molecular weight excluding hydrogens is 216 g/mol. The Hall–Kier alpha value is -1.26. The third-order valence-electron chi connectivity index (χ3n) is 2.97. The Morgan fingerprint density at radius 3 is 3.18 bits per heavy atom. The first kappa shape index (κ1) is 12.2. The number of hydrogen-bond acceptors (Lipinski definition) is 4. The summed E-state index contributed by atoms with van der Waals surface area (Å²) in [5, 5.41) is 0. The lowest BCUT2D eigenvalue weighted by molar-refractivity contribution is -0.131. The van der Waals surface area contributed by atoms with Gasteiger partial charge in [-0.05, 0) is 18.7 Å². The van der Waals surface area contributed by atoms with Crippen molar-refractivity contribution in [3.8, 4) is 0 Å². The molecule has 1 aromatic heterocycles. The van der Waals surface area contributed by atoms with Crippen molar-refractivity contribution >= 4 is 5.78 Å². The summed E-state index contributed by atoms with van der Waals surface area (Å²) in [5.41, 5.74) is 1.17. The van der Waals surface area contributed by atoms with E-state index in [-0.39, 0.29) is 5.92 Å².